The zero-order valence-corrected chi connectivity index (χ0v) is 15.0. The van der Waals surface area contributed by atoms with Crippen LogP contribution in [0.5, 0.6) is 0 Å². The molecule has 0 rings (SSSR count). The van der Waals surface area contributed by atoms with Gasteiger partial charge in [-0.25, -0.2) is 0 Å². The van der Waals surface area contributed by atoms with Crippen molar-refractivity contribution in [1.82, 2.24) is 0 Å². The van der Waals surface area contributed by atoms with Crippen LogP contribution in [0.3, 0.4) is 0 Å². The molecule has 0 N–H and O–H groups in total. The monoisotopic (exact) mass is 229 g/mol. The summed E-state index contributed by atoms with van der Waals surface area (Å²) in [5.41, 5.74) is 0. The molecule has 0 aromatic carbocycles. The van der Waals surface area contributed by atoms with Gasteiger partial charge in [-0.05, 0) is 0 Å². The van der Waals surface area contributed by atoms with Crippen LogP contribution in [0.15, 0.2) is 0 Å². The quantitative estimate of drug-likeness (QED) is 0.415. The van der Waals surface area contributed by atoms with Crippen LogP contribution in [-0.2, 0) is 4.79 Å². The topological polar surface area (TPSA) is 17.1 Å². The molecule has 0 saturated heterocycles. The number of unbranched alkanes of at least 4 members (excludes halogenated alkanes) is 8. The molecule has 3 heteroatoms. The normalized spacial score (nSPS) is 9.80. The maximum absolute atomic E-state index is 10.7. The molecular formula is C12H23Na2O. The van der Waals surface area contributed by atoms with Gasteiger partial charge in [0.15, 0.2) is 0 Å². The van der Waals surface area contributed by atoms with Crippen molar-refractivity contribution in [3.8, 4) is 0 Å². The molecule has 1 nitrogen and oxygen atoms in total. The summed E-state index contributed by atoms with van der Waals surface area (Å²) in [4.78, 5) is 10.7. The molecule has 0 aliphatic carbocycles. The Morgan fingerprint density at radius 3 is 1.67 bits per heavy atom. The average Bonchev–Trinajstić information content (AvgIpc) is 2.15. The number of carbonyl (C=O) groups excluding carboxylic acids is 1. The van der Waals surface area contributed by atoms with E-state index in [4.69, 9.17) is 0 Å². The van der Waals surface area contributed by atoms with E-state index < -0.39 is 0 Å². The molecule has 0 bridgehead atoms. The van der Waals surface area contributed by atoms with Gasteiger partial charge in [-0.3, -0.25) is 0 Å². The van der Waals surface area contributed by atoms with Gasteiger partial charge in [0.05, 0.1) is 0 Å². The molecule has 0 aromatic rings. The molecule has 0 unspecified atom stereocenters. The van der Waals surface area contributed by atoms with Crippen molar-refractivity contribution in [1.29, 1.82) is 0 Å². The van der Waals surface area contributed by atoms with Gasteiger partial charge in [-0.15, -0.1) is 0 Å². The van der Waals surface area contributed by atoms with Crippen LogP contribution >= 0.6 is 0 Å². The Morgan fingerprint density at radius 2 is 1.27 bits per heavy atom. The summed E-state index contributed by atoms with van der Waals surface area (Å²) in [5, 5.41) is 0. The van der Waals surface area contributed by atoms with Crippen molar-refractivity contribution in [2.75, 3.05) is 0 Å². The molecular weight excluding hydrogens is 206 g/mol. The first-order chi connectivity index (χ1) is 6.77. The molecule has 0 fully saturated rings. The molecule has 0 saturated carbocycles. The Bertz CT molecular complexity index is 138. The van der Waals surface area contributed by atoms with Gasteiger partial charge in [0.1, 0.15) is 0 Å². The van der Waals surface area contributed by atoms with Crippen molar-refractivity contribution in [2.45, 2.75) is 71.1 Å². The third-order valence-corrected chi connectivity index (χ3v) is 3.13. The Labute approximate surface area is 135 Å². The maximum atomic E-state index is 10.7. The minimum absolute atomic E-state index is 0. The van der Waals surface area contributed by atoms with E-state index in [1.165, 1.54) is 51.4 Å². The van der Waals surface area contributed by atoms with Gasteiger partial charge in [-0.1, -0.05) is 0 Å². The summed E-state index contributed by atoms with van der Waals surface area (Å²) in [5.74, 6) is 0. The number of carbonyl (C=O) groups is 1. The number of hydrogen-bond acceptors (Lipinski definition) is 1. The van der Waals surface area contributed by atoms with Gasteiger partial charge in [0.2, 0.25) is 0 Å². The van der Waals surface area contributed by atoms with Crippen molar-refractivity contribution in [3.05, 3.63) is 0 Å². The smallest absolute Gasteiger partial charge is 0 e. The van der Waals surface area contributed by atoms with E-state index in [0.717, 1.165) is 40.8 Å². The van der Waals surface area contributed by atoms with Crippen LogP contribution in [0.1, 0.15) is 71.1 Å². The molecule has 0 heterocycles. The molecule has 0 aromatic heterocycles. The fraction of sp³-hybridized carbons (Fsp3) is 0.917. The molecule has 0 aliphatic heterocycles. The summed E-state index contributed by atoms with van der Waals surface area (Å²) in [6.07, 6.45) is 12.9. The average molecular weight is 229 g/mol. The van der Waals surface area contributed by atoms with E-state index >= 15 is 0 Å². The Balaban J connectivity index is 0. The predicted molar refractivity (Wildman–Crippen MR) is 68.4 cm³/mol. The van der Waals surface area contributed by atoms with Gasteiger partial charge < -0.3 is 0 Å². The molecule has 0 atom stereocenters. The van der Waals surface area contributed by atoms with E-state index in [9.17, 15) is 4.79 Å². The minimum Gasteiger partial charge on any atom is 0 e. The fourth-order valence-electron chi connectivity index (χ4n) is 1.68. The molecule has 0 amide bonds. The largest absolute Gasteiger partial charge is 0 e. The Kier molecular flexibility index (Phi) is 19.9. The van der Waals surface area contributed by atoms with Crippen molar-refractivity contribution >= 4 is 60.5 Å². The summed E-state index contributed by atoms with van der Waals surface area (Å²) in [6.45, 7) is 2.26. The molecule has 0 aliphatic rings. The maximum Gasteiger partial charge on any atom is 0 e. The van der Waals surface area contributed by atoms with Crippen molar-refractivity contribution in [2.24, 2.45) is 0 Å². The first-order valence-corrected chi connectivity index (χ1v) is 7.26. The summed E-state index contributed by atoms with van der Waals surface area (Å²) >= 11 is 0.751. The first kappa shape index (κ1) is 19.0. The third kappa shape index (κ3) is 18.2. The molecule has 15 heavy (non-hydrogen) atoms. The summed E-state index contributed by atoms with van der Waals surface area (Å²) < 4.78 is 0.480. The standard InChI is InChI=1S/C12H23O.2Na/c1-2-3-4-5-6-7-8-9-10-11-12-13;;/h2-11H2,1H3;;. The first-order valence-electron chi connectivity index (χ1n) is 6.26. The van der Waals surface area contributed by atoms with Crippen LogP contribution in [0.2, 0.25) is 0 Å². The second kappa shape index (κ2) is 15.7. The van der Waals surface area contributed by atoms with Crippen LogP contribution in [0.25, 0.3) is 0 Å². The Morgan fingerprint density at radius 1 is 0.867 bits per heavy atom. The predicted octanol–water partition coefficient (Wildman–Crippen LogP) is 3.22. The summed E-state index contributed by atoms with van der Waals surface area (Å²) in [6, 6.07) is 0. The van der Waals surface area contributed by atoms with E-state index in [0.29, 0.717) is 3.03 Å². The van der Waals surface area contributed by atoms with Gasteiger partial charge in [0.25, 0.3) is 0 Å². The summed E-state index contributed by atoms with van der Waals surface area (Å²) in [7, 11) is 0. The number of hydrogen-bond donors (Lipinski definition) is 0. The van der Waals surface area contributed by atoms with Crippen LogP contribution in [0, 0.1) is 0 Å². The van der Waals surface area contributed by atoms with E-state index in [1.54, 1.807) is 0 Å². The number of rotatable bonds is 10. The second-order valence-corrected chi connectivity index (χ2v) is 5.40. The zero-order chi connectivity index (χ0) is 10.6. The van der Waals surface area contributed by atoms with Gasteiger partial charge in [0, 0.05) is 29.6 Å². The van der Waals surface area contributed by atoms with Gasteiger partial charge in [-0.2, -0.15) is 0 Å². The van der Waals surface area contributed by atoms with Crippen LogP contribution < -0.4 is 0 Å². The molecule has 79 valence electrons. The van der Waals surface area contributed by atoms with Crippen molar-refractivity contribution in [3.63, 3.8) is 0 Å². The SMILES string of the molecule is CCCCCCCCCCC[C](=O)[Na].[Na]. The van der Waals surface area contributed by atoms with E-state index in [-0.39, 0.29) is 29.6 Å². The van der Waals surface area contributed by atoms with Crippen LogP contribution in [0.4, 0.5) is 0 Å². The van der Waals surface area contributed by atoms with E-state index in [2.05, 4.69) is 6.92 Å². The zero-order valence-electron chi connectivity index (χ0n) is 11.0. The van der Waals surface area contributed by atoms with Gasteiger partial charge >= 0.3 is 107 Å². The third-order valence-electron chi connectivity index (χ3n) is 2.63. The molecule has 1 radical (unpaired) electrons. The molecule has 0 spiro atoms. The Hall–Kier alpha value is 1.67. The van der Waals surface area contributed by atoms with E-state index in [1.807, 2.05) is 0 Å². The van der Waals surface area contributed by atoms with Crippen molar-refractivity contribution < 1.29 is 4.79 Å². The fourth-order valence-corrected chi connectivity index (χ4v) is 2.04. The van der Waals surface area contributed by atoms with Crippen LogP contribution in [-0.4, -0.2) is 60.5 Å². The second-order valence-electron chi connectivity index (χ2n) is 4.28. The minimum atomic E-state index is 0.